The van der Waals surface area contributed by atoms with E-state index in [4.69, 9.17) is 0 Å². The molecule has 0 spiro atoms. The van der Waals surface area contributed by atoms with Gasteiger partial charge in [-0.3, -0.25) is 0 Å². The first-order chi connectivity index (χ1) is 8.59. The minimum atomic E-state index is -3.38. The normalized spacial score (nSPS) is 26.4. The van der Waals surface area contributed by atoms with E-state index in [0.717, 1.165) is 25.7 Å². The lowest BCUT2D eigenvalue weighted by molar-refractivity contribution is 0.161. The summed E-state index contributed by atoms with van der Waals surface area (Å²) in [7, 11) is -3.38. The highest BCUT2D eigenvalue weighted by molar-refractivity contribution is 7.86. The summed E-state index contributed by atoms with van der Waals surface area (Å²) in [6, 6.07) is 0.155. The molecule has 1 saturated heterocycles. The summed E-state index contributed by atoms with van der Waals surface area (Å²) in [4.78, 5) is 0. The van der Waals surface area contributed by atoms with Crippen LogP contribution in [-0.4, -0.2) is 54.4 Å². The highest BCUT2D eigenvalue weighted by atomic mass is 32.2. The summed E-state index contributed by atoms with van der Waals surface area (Å²) in [5, 5.41) is 9.19. The zero-order valence-electron chi connectivity index (χ0n) is 10.7. The van der Waals surface area contributed by atoms with Crippen LogP contribution >= 0.6 is 0 Å². The molecule has 104 valence electrons. The number of aliphatic hydroxyl groups excluding tert-OH is 1. The second-order valence-corrected chi connectivity index (χ2v) is 7.03. The van der Waals surface area contributed by atoms with E-state index in [9.17, 15) is 13.5 Å². The molecule has 0 aromatic carbocycles. The molecule has 1 saturated carbocycles. The molecule has 18 heavy (non-hydrogen) atoms. The molecule has 2 fully saturated rings. The molecule has 1 aliphatic heterocycles. The van der Waals surface area contributed by atoms with E-state index < -0.39 is 10.2 Å². The maximum absolute atomic E-state index is 12.5. The van der Waals surface area contributed by atoms with Gasteiger partial charge in [0.05, 0.1) is 0 Å². The number of piperidine rings is 1. The first-order valence-corrected chi connectivity index (χ1v) is 7.98. The predicted molar refractivity (Wildman–Crippen MR) is 70.2 cm³/mol. The zero-order chi connectivity index (χ0) is 13.2. The van der Waals surface area contributed by atoms with Crippen LogP contribution in [0.4, 0.5) is 0 Å². The van der Waals surface area contributed by atoms with E-state index in [1.54, 1.807) is 10.4 Å². The van der Waals surface area contributed by atoms with Gasteiger partial charge >= 0.3 is 0 Å². The van der Waals surface area contributed by atoms with E-state index in [1.807, 2.05) is 0 Å². The van der Waals surface area contributed by atoms with Crippen molar-refractivity contribution in [3.8, 4) is 0 Å². The summed E-state index contributed by atoms with van der Waals surface area (Å²) in [6.45, 7) is 5.10. The van der Waals surface area contributed by atoms with Gasteiger partial charge in [0.1, 0.15) is 0 Å². The van der Waals surface area contributed by atoms with Crippen LogP contribution in [0.25, 0.3) is 0 Å². The second kappa shape index (κ2) is 5.69. The molecular weight excluding hydrogens is 252 g/mol. The first-order valence-electron chi connectivity index (χ1n) is 6.58. The molecule has 5 nitrogen and oxygen atoms in total. The average molecular weight is 274 g/mol. The van der Waals surface area contributed by atoms with Crippen molar-refractivity contribution in [3.05, 3.63) is 12.7 Å². The predicted octanol–water partition coefficient (Wildman–Crippen LogP) is 0.586. The fraction of sp³-hybridized carbons (Fsp3) is 0.833. The molecule has 0 aromatic rings. The van der Waals surface area contributed by atoms with Gasteiger partial charge in [-0.15, -0.1) is 6.58 Å². The van der Waals surface area contributed by atoms with Crippen LogP contribution in [0.3, 0.4) is 0 Å². The Labute approximate surface area is 109 Å². The van der Waals surface area contributed by atoms with Gasteiger partial charge in [0.2, 0.25) is 0 Å². The molecule has 1 N–H and O–H groups in total. The van der Waals surface area contributed by atoms with Crippen molar-refractivity contribution in [3.63, 3.8) is 0 Å². The van der Waals surface area contributed by atoms with Gasteiger partial charge in [-0.1, -0.05) is 6.08 Å². The molecule has 1 aliphatic carbocycles. The van der Waals surface area contributed by atoms with Gasteiger partial charge in [-0.2, -0.15) is 17.0 Å². The van der Waals surface area contributed by atoms with Crippen molar-refractivity contribution in [2.45, 2.75) is 31.7 Å². The summed E-state index contributed by atoms with van der Waals surface area (Å²) in [6.07, 6.45) is 5.28. The van der Waals surface area contributed by atoms with Crippen LogP contribution in [-0.2, 0) is 10.2 Å². The summed E-state index contributed by atoms with van der Waals surface area (Å²) < 4.78 is 28.2. The molecular formula is C12H22N2O3S. The van der Waals surface area contributed by atoms with Crippen molar-refractivity contribution in [2.75, 3.05) is 26.2 Å². The van der Waals surface area contributed by atoms with Crippen molar-refractivity contribution in [1.29, 1.82) is 0 Å². The Bertz CT molecular complexity index is 392. The molecule has 0 amide bonds. The standard InChI is InChI=1S/C12H22N2O3S/c1-2-7-14(12-5-6-12)18(16,17)13-8-3-4-11(9-13)10-15/h2,11-12,15H,1,3-10H2. The third-order valence-electron chi connectivity index (χ3n) is 3.63. The van der Waals surface area contributed by atoms with Crippen LogP contribution < -0.4 is 0 Å². The number of nitrogens with zero attached hydrogens (tertiary/aromatic N) is 2. The highest BCUT2D eigenvalue weighted by Crippen LogP contribution is 2.31. The molecule has 1 atom stereocenters. The van der Waals surface area contributed by atoms with Gasteiger partial charge in [0, 0.05) is 32.3 Å². The Morgan fingerprint density at radius 1 is 1.39 bits per heavy atom. The first kappa shape index (κ1) is 14.0. The molecule has 0 radical (unpaired) electrons. The maximum atomic E-state index is 12.5. The van der Waals surface area contributed by atoms with E-state index >= 15 is 0 Å². The number of rotatable bonds is 6. The Morgan fingerprint density at radius 2 is 2.11 bits per heavy atom. The Kier molecular flexibility index (Phi) is 4.42. The quantitative estimate of drug-likeness (QED) is 0.721. The Morgan fingerprint density at radius 3 is 2.67 bits per heavy atom. The van der Waals surface area contributed by atoms with E-state index in [0.29, 0.717) is 19.6 Å². The van der Waals surface area contributed by atoms with E-state index in [2.05, 4.69) is 6.58 Å². The number of hydrogen-bond acceptors (Lipinski definition) is 3. The SMILES string of the molecule is C=CCN(C1CC1)S(=O)(=O)N1CCCC(CO)C1. The lowest BCUT2D eigenvalue weighted by Gasteiger charge is -2.34. The molecule has 1 heterocycles. The van der Waals surface area contributed by atoms with Crippen molar-refractivity contribution in [2.24, 2.45) is 5.92 Å². The molecule has 2 aliphatic rings. The van der Waals surface area contributed by atoms with Crippen molar-refractivity contribution in [1.82, 2.24) is 8.61 Å². The van der Waals surface area contributed by atoms with Gasteiger partial charge in [-0.05, 0) is 31.6 Å². The van der Waals surface area contributed by atoms with Crippen LogP contribution in [0.15, 0.2) is 12.7 Å². The number of hydrogen-bond donors (Lipinski definition) is 1. The Balaban J connectivity index is 2.10. The lowest BCUT2D eigenvalue weighted by Crippen LogP contribution is -2.49. The van der Waals surface area contributed by atoms with Crippen molar-refractivity contribution >= 4 is 10.2 Å². The van der Waals surface area contributed by atoms with Crippen LogP contribution in [0.5, 0.6) is 0 Å². The smallest absolute Gasteiger partial charge is 0.282 e. The minimum absolute atomic E-state index is 0.0664. The largest absolute Gasteiger partial charge is 0.396 e. The fourth-order valence-electron chi connectivity index (χ4n) is 2.46. The third kappa shape index (κ3) is 2.93. The molecule has 2 rings (SSSR count). The molecule has 6 heteroatoms. The number of aliphatic hydroxyl groups is 1. The van der Waals surface area contributed by atoms with Crippen molar-refractivity contribution < 1.29 is 13.5 Å². The van der Waals surface area contributed by atoms with Gasteiger partial charge in [0.15, 0.2) is 0 Å². The van der Waals surface area contributed by atoms with E-state index in [1.165, 1.54) is 4.31 Å². The fourth-order valence-corrected chi connectivity index (χ4v) is 4.39. The van der Waals surface area contributed by atoms with Crippen LogP contribution in [0.1, 0.15) is 25.7 Å². The van der Waals surface area contributed by atoms with Gasteiger partial charge < -0.3 is 5.11 Å². The molecule has 1 unspecified atom stereocenters. The van der Waals surface area contributed by atoms with E-state index in [-0.39, 0.29) is 18.6 Å². The van der Waals surface area contributed by atoms with Crippen LogP contribution in [0.2, 0.25) is 0 Å². The monoisotopic (exact) mass is 274 g/mol. The summed E-state index contributed by atoms with van der Waals surface area (Å²) in [5.74, 6) is 0.0818. The second-order valence-electron chi connectivity index (χ2n) is 5.15. The maximum Gasteiger partial charge on any atom is 0.282 e. The third-order valence-corrected chi connectivity index (χ3v) is 5.65. The summed E-state index contributed by atoms with van der Waals surface area (Å²) >= 11 is 0. The molecule has 0 bridgehead atoms. The minimum Gasteiger partial charge on any atom is -0.396 e. The van der Waals surface area contributed by atoms with Crippen LogP contribution in [0, 0.1) is 5.92 Å². The lowest BCUT2D eigenvalue weighted by atomic mass is 10.0. The van der Waals surface area contributed by atoms with Gasteiger partial charge in [0.25, 0.3) is 10.2 Å². The zero-order valence-corrected chi connectivity index (χ0v) is 11.5. The topological polar surface area (TPSA) is 60.9 Å². The molecule has 0 aromatic heterocycles. The summed E-state index contributed by atoms with van der Waals surface area (Å²) in [5.41, 5.74) is 0. The average Bonchev–Trinajstić information content (AvgIpc) is 3.20. The highest BCUT2D eigenvalue weighted by Gasteiger charge is 2.40. The Hall–Kier alpha value is -0.430. The van der Waals surface area contributed by atoms with Gasteiger partial charge in [-0.25, -0.2) is 0 Å².